The molecule has 26 heavy (non-hydrogen) atoms. The molecule has 3 aromatic rings. The molecule has 3 rings (SSSR count). The van der Waals surface area contributed by atoms with Crippen LogP contribution < -0.4 is 4.74 Å². The first-order valence-corrected chi connectivity index (χ1v) is 8.78. The largest absolute Gasteiger partial charge is 0.493 e. The van der Waals surface area contributed by atoms with E-state index in [2.05, 4.69) is 31.1 Å². The highest BCUT2D eigenvalue weighted by Gasteiger charge is 2.09. The number of hydrogen-bond donors (Lipinski definition) is 0. The van der Waals surface area contributed by atoms with Gasteiger partial charge < -0.3 is 9.26 Å². The van der Waals surface area contributed by atoms with Crippen molar-refractivity contribution in [3.05, 3.63) is 70.6 Å². The van der Waals surface area contributed by atoms with Crippen LogP contribution in [0, 0.1) is 20.8 Å². The Balaban J connectivity index is 1.65. The van der Waals surface area contributed by atoms with E-state index in [0.717, 1.165) is 58.6 Å². The first kappa shape index (κ1) is 17.9. The van der Waals surface area contributed by atoms with E-state index in [1.807, 2.05) is 37.3 Å². The van der Waals surface area contributed by atoms with Crippen molar-refractivity contribution in [2.45, 2.75) is 33.6 Å². The van der Waals surface area contributed by atoms with Crippen LogP contribution in [0.4, 0.5) is 0 Å². The molecule has 0 saturated heterocycles. The third-order valence-corrected chi connectivity index (χ3v) is 4.33. The maximum atomic E-state index is 10.8. The highest BCUT2D eigenvalue weighted by molar-refractivity contribution is 5.77. The molecular formula is C22H23NO3. The quantitative estimate of drug-likeness (QED) is 0.440. The van der Waals surface area contributed by atoms with E-state index in [1.54, 1.807) is 0 Å². The molecule has 0 bridgehead atoms. The number of carbonyl (C=O) groups excluding carboxylic acids is 1. The monoisotopic (exact) mass is 349 g/mol. The molecule has 0 amide bonds. The number of nitrogens with zero attached hydrogens (tertiary/aromatic N) is 1. The third kappa shape index (κ3) is 4.20. The fourth-order valence-electron chi connectivity index (χ4n) is 3.05. The molecule has 4 nitrogen and oxygen atoms in total. The van der Waals surface area contributed by atoms with Gasteiger partial charge in [-0.3, -0.25) is 4.79 Å². The van der Waals surface area contributed by atoms with Gasteiger partial charge in [-0.25, -0.2) is 0 Å². The molecule has 0 unspecified atom stereocenters. The van der Waals surface area contributed by atoms with Gasteiger partial charge in [0.2, 0.25) is 0 Å². The smallest absolute Gasteiger partial charge is 0.150 e. The fourth-order valence-corrected chi connectivity index (χ4v) is 3.05. The van der Waals surface area contributed by atoms with Gasteiger partial charge in [0.05, 0.1) is 12.3 Å². The lowest BCUT2D eigenvalue weighted by molar-refractivity contribution is 0.112. The van der Waals surface area contributed by atoms with E-state index < -0.39 is 0 Å². The second-order valence-corrected chi connectivity index (χ2v) is 6.57. The molecule has 0 aliphatic heterocycles. The molecule has 0 spiro atoms. The van der Waals surface area contributed by atoms with E-state index in [4.69, 9.17) is 9.26 Å². The van der Waals surface area contributed by atoms with Gasteiger partial charge in [0.15, 0.2) is 0 Å². The number of hydrogen-bond acceptors (Lipinski definition) is 4. The summed E-state index contributed by atoms with van der Waals surface area (Å²) in [4.78, 5) is 10.8. The minimum absolute atomic E-state index is 0.634. The summed E-state index contributed by atoms with van der Waals surface area (Å²) in [6.45, 7) is 6.68. The van der Waals surface area contributed by atoms with E-state index in [9.17, 15) is 4.79 Å². The van der Waals surface area contributed by atoms with Crippen LogP contribution in [-0.4, -0.2) is 18.0 Å². The van der Waals surface area contributed by atoms with Crippen LogP contribution in [0.15, 0.2) is 47.0 Å². The van der Waals surface area contributed by atoms with E-state index in [-0.39, 0.29) is 0 Å². The predicted molar refractivity (Wildman–Crippen MR) is 102 cm³/mol. The van der Waals surface area contributed by atoms with Gasteiger partial charge in [-0.2, -0.15) is 0 Å². The van der Waals surface area contributed by atoms with Crippen LogP contribution in [0.25, 0.3) is 11.1 Å². The van der Waals surface area contributed by atoms with Gasteiger partial charge in [0.25, 0.3) is 0 Å². The van der Waals surface area contributed by atoms with Crippen LogP contribution in [0.1, 0.15) is 39.4 Å². The van der Waals surface area contributed by atoms with Crippen LogP contribution in [0.5, 0.6) is 5.75 Å². The summed E-state index contributed by atoms with van der Waals surface area (Å²) in [5, 5.41) is 3.90. The van der Waals surface area contributed by atoms with Crippen molar-refractivity contribution in [2.24, 2.45) is 0 Å². The Morgan fingerprint density at radius 2 is 1.69 bits per heavy atom. The molecule has 4 heteroatoms. The van der Waals surface area contributed by atoms with Gasteiger partial charge in [0, 0.05) is 18.1 Å². The molecular weight excluding hydrogens is 326 g/mol. The molecule has 0 radical (unpaired) electrons. The lowest BCUT2D eigenvalue weighted by Crippen LogP contribution is -2.02. The van der Waals surface area contributed by atoms with Crippen molar-refractivity contribution in [3.63, 3.8) is 0 Å². The van der Waals surface area contributed by atoms with Crippen molar-refractivity contribution >= 4 is 6.29 Å². The number of aldehydes is 1. The molecule has 2 aromatic carbocycles. The summed E-state index contributed by atoms with van der Waals surface area (Å²) in [6, 6.07) is 13.8. The third-order valence-electron chi connectivity index (χ3n) is 4.33. The van der Waals surface area contributed by atoms with Crippen LogP contribution in [-0.2, 0) is 6.42 Å². The normalized spacial score (nSPS) is 10.7. The van der Waals surface area contributed by atoms with Crippen LogP contribution >= 0.6 is 0 Å². The average Bonchev–Trinajstić information content (AvgIpc) is 3.05. The summed E-state index contributed by atoms with van der Waals surface area (Å²) >= 11 is 0. The number of ether oxygens (including phenoxy) is 1. The highest BCUT2D eigenvalue weighted by Crippen LogP contribution is 2.30. The van der Waals surface area contributed by atoms with Gasteiger partial charge in [-0.15, -0.1) is 0 Å². The van der Waals surface area contributed by atoms with Crippen molar-refractivity contribution in [1.82, 2.24) is 5.16 Å². The molecule has 0 atom stereocenters. The number of rotatable bonds is 7. The first-order valence-electron chi connectivity index (χ1n) is 8.78. The average molecular weight is 349 g/mol. The molecule has 1 heterocycles. The van der Waals surface area contributed by atoms with Crippen molar-refractivity contribution in [2.75, 3.05) is 6.61 Å². The summed E-state index contributed by atoms with van der Waals surface area (Å²) in [5.41, 5.74) is 6.02. The van der Waals surface area contributed by atoms with Gasteiger partial charge in [0.1, 0.15) is 17.8 Å². The Labute approximate surface area is 153 Å². The minimum Gasteiger partial charge on any atom is -0.493 e. The zero-order valence-electron chi connectivity index (χ0n) is 15.4. The topological polar surface area (TPSA) is 52.3 Å². The van der Waals surface area contributed by atoms with E-state index >= 15 is 0 Å². The Morgan fingerprint density at radius 3 is 2.27 bits per heavy atom. The summed E-state index contributed by atoms with van der Waals surface area (Å²) in [5.74, 6) is 1.83. The number of aryl methyl sites for hydroxylation is 4. The van der Waals surface area contributed by atoms with Crippen molar-refractivity contribution < 1.29 is 14.1 Å². The lowest BCUT2D eigenvalue weighted by Gasteiger charge is -2.14. The van der Waals surface area contributed by atoms with Gasteiger partial charge in [-0.05, 0) is 61.6 Å². The van der Waals surface area contributed by atoms with Crippen LogP contribution in [0.3, 0.4) is 0 Å². The Hall–Kier alpha value is -2.88. The predicted octanol–water partition coefficient (Wildman–Crippen LogP) is 5.09. The molecule has 0 fully saturated rings. The standard InChI is InChI=1S/C22H23NO3/c1-15-11-20(19-8-6-18(14-24)7-9-19)12-16(2)22(15)25-10-4-5-21-13-17(3)23-26-21/h6-9,11-14H,4-5,10H2,1-3H3. The fraction of sp³-hybridized carbons (Fsp3) is 0.273. The molecule has 0 saturated carbocycles. The SMILES string of the molecule is Cc1cc(CCCOc2c(C)cc(-c3ccc(C=O)cc3)cc2C)on1. The number of benzene rings is 2. The van der Waals surface area contributed by atoms with Crippen molar-refractivity contribution in [1.29, 1.82) is 0 Å². The maximum absolute atomic E-state index is 10.8. The van der Waals surface area contributed by atoms with E-state index in [1.165, 1.54) is 0 Å². The van der Waals surface area contributed by atoms with E-state index in [0.29, 0.717) is 12.2 Å². The molecule has 0 N–H and O–H groups in total. The summed E-state index contributed by atoms with van der Waals surface area (Å²) < 4.78 is 11.2. The second-order valence-electron chi connectivity index (χ2n) is 6.57. The Kier molecular flexibility index (Phi) is 5.52. The molecule has 134 valence electrons. The highest BCUT2D eigenvalue weighted by atomic mass is 16.5. The molecule has 1 aromatic heterocycles. The van der Waals surface area contributed by atoms with Crippen LogP contribution in [0.2, 0.25) is 0 Å². The Bertz CT molecular complexity index is 871. The lowest BCUT2D eigenvalue weighted by atomic mass is 9.99. The summed E-state index contributed by atoms with van der Waals surface area (Å²) in [7, 11) is 0. The Morgan fingerprint density at radius 1 is 1.00 bits per heavy atom. The minimum atomic E-state index is 0.634. The molecule has 0 aliphatic carbocycles. The van der Waals surface area contributed by atoms with Gasteiger partial charge >= 0.3 is 0 Å². The number of carbonyl (C=O) groups is 1. The summed E-state index contributed by atoms with van der Waals surface area (Å²) in [6.07, 6.45) is 2.56. The second kappa shape index (κ2) is 8.00. The maximum Gasteiger partial charge on any atom is 0.150 e. The van der Waals surface area contributed by atoms with Gasteiger partial charge in [-0.1, -0.05) is 29.4 Å². The zero-order chi connectivity index (χ0) is 18.5. The number of aromatic nitrogens is 1. The van der Waals surface area contributed by atoms with Crippen molar-refractivity contribution in [3.8, 4) is 16.9 Å². The first-order chi connectivity index (χ1) is 12.6. The zero-order valence-corrected chi connectivity index (χ0v) is 15.4. The molecule has 0 aliphatic rings.